The number of rotatable bonds is 3. The average molecular weight is 260 g/mol. The van der Waals surface area contributed by atoms with Crippen LogP contribution in [0, 0.1) is 5.92 Å². The number of hydrogen-bond acceptors (Lipinski definition) is 2. The van der Waals surface area contributed by atoms with Crippen LogP contribution in [0.15, 0.2) is 15.9 Å². The lowest BCUT2D eigenvalue weighted by Gasteiger charge is -2.33. The first-order chi connectivity index (χ1) is 6.24. The van der Waals surface area contributed by atoms with E-state index in [1.807, 2.05) is 11.3 Å². The molecule has 0 unspecified atom stereocenters. The third-order valence-corrected chi connectivity index (χ3v) is 4.19. The van der Waals surface area contributed by atoms with Gasteiger partial charge in [-0.25, -0.2) is 0 Å². The maximum Gasteiger partial charge on any atom is 0.0701 e. The minimum atomic E-state index is 0.774. The summed E-state index contributed by atoms with van der Waals surface area (Å²) in [6.07, 6.45) is 2.71. The summed E-state index contributed by atoms with van der Waals surface area (Å²) in [5, 5.41) is 3.57. The summed E-state index contributed by atoms with van der Waals surface area (Å²) in [6.45, 7) is 3.35. The van der Waals surface area contributed by atoms with Gasteiger partial charge in [0.1, 0.15) is 0 Å². The first kappa shape index (κ1) is 9.69. The molecule has 1 aromatic rings. The number of thiophene rings is 1. The van der Waals surface area contributed by atoms with Crippen molar-refractivity contribution < 1.29 is 0 Å². The van der Waals surface area contributed by atoms with Gasteiger partial charge >= 0.3 is 0 Å². The van der Waals surface area contributed by atoms with Crippen molar-refractivity contribution in [2.75, 3.05) is 0 Å². The highest BCUT2D eigenvalue weighted by Gasteiger charge is 2.24. The summed E-state index contributed by atoms with van der Waals surface area (Å²) in [5.74, 6) is 0.938. The van der Waals surface area contributed by atoms with E-state index in [4.69, 9.17) is 0 Å². The van der Waals surface area contributed by atoms with Crippen molar-refractivity contribution in [3.8, 4) is 0 Å². The maximum atomic E-state index is 3.57. The molecule has 1 aliphatic rings. The molecule has 1 saturated carbocycles. The van der Waals surface area contributed by atoms with Gasteiger partial charge < -0.3 is 5.32 Å². The van der Waals surface area contributed by atoms with Gasteiger partial charge in [-0.1, -0.05) is 6.92 Å². The van der Waals surface area contributed by atoms with Gasteiger partial charge in [-0.2, -0.15) is 0 Å². The fourth-order valence-corrected chi connectivity index (χ4v) is 3.19. The Bertz CT molecular complexity index is 278. The second kappa shape index (κ2) is 4.11. The van der Waals surface area contributed by atoms with E-state index in [2.05, 4.69) is 40.3 Å². The van der Waals surface area contributed by atoms with Crippen molar-refractivity contribution in [3.05, 3.63) is 20.8 Å². The van der Waals surface area contributed by atoms with Crippen molar-refractivity contribution in [3.63, 3.8) is 0 Å². The zero-order valence-electron chi connectivity index (χ0n) is 7.72. The largest absolute Gasteiger partial charge is 0.309 e. The molecule has 0 bridgehead atoms. The lowest BCUT2D eigenvalue weighted by molar-refractivity contribution is 0.241. The summed E-state index contributed by atoms with van der Waals surface area (Å²) in [7, 11) is 0. The van der Waals surface area contributed by atoms with Crippen molar-refractivity contribution >= 4 is 27.3 Å². The highest BCUT2D eigenvalue weighted by molar-refractivity contribution is 9.11. The molecule has 0 radical (unpaired) electrons. The number of halogens is 1. The molecule has 0 aliphatic heterocycles. The molecule has 0 atom stereocenters. The summed E-state index contributed by atoms with van der Waals surface area (Å²) in [6, 6.07) is 5.07. The lowest BCUT2D eigenvalue weighted by atomic mass is 9.82. The van der Waals surface area contributed by atoms with Crippen molar-refractivity contribution in [1.29, 1.82) is 0 Å². The SMILES string of the molecule is CC1CC(NCc2ccc(Br)s2)C1. The molecule has 72 valence electrons. The molecule has 1 nitrogen and oxygen atoms in total. The highest BCUT2D eigenvalue weighted by atomic mass is 79.9. The van der Waals surface area contributed by atoms with E-state index in [1.165, 1.54) is 21.5 Å². The smallest absolute Gasteiger partial charge is 0.0701 e. The normalized spacial score (nSPS) is 27.2. The Morgan fingerprint density at radius 1 is 1.54 bits per heavy atom. The van der Waals surface area contributed by atoms with Gasteiger partial charge in [-0.05, 0) is 46.8 Å². The molecule has 1 fully saturated rings. The molecule has 0 saturated heterocycles. The Balaban J connectivity index is 1.74. The molecule has 1 aromatic heterocycles. The fourth-order valence-electron chi connectivity index (χ4n) is 1.76. The summed E-state index contributed by atoms with van der Waals surface area (Å²) in [4.78, 5) is 1.42. The first-order valence-electron chi connectivity index (χ1n) is 4.71. The standard InChI is InChI=1S/C10H14BrNS/c1-7-4-8(5-7)12-6-9-2-3-10(11)13-9/h2-3,7-8,12H,4-6H2,1H3. The van der Waals surface area contributed by atoms with Crippen LogP contribution in [0.3, 0.4) is 0 Å². The zero-order valence-corrected chi connectivity index (χ0v) is 10.1. The lowest BCUT2D eigenvalue weighted by Crippen LogP contribution is -2.39. The molecule has 1 aliphatic carbocycles. The second-order valence-electron chi connectivity index (χ2n) is 3.86. The van der Waals surface area contributed by atoms with Crippen LogP contribution in [-0.2, 0) is 6.54 Å². The predicted molar refractivity (Wildman–Crippen MR) is 61.0 cm³/mol. The van der Waals surface area contributed by atoms with Crippen LogP contribution in [0.4, 0.5) is 0 Å². The van der Waals surface area contributed by atoms with Gasteiger partial charge in [-0.15, -0.1) is 11.3 Å². The van der Waals surface area contributed by atoms with Crippen LogP contribution in [-0.4, -0.2) is 6.04 Å². The summed E-state index contributed by atoms with van der Waals surface area (Å²) < 4.78 is 1.23. The Morgan fingerprint density at radius 2 is 2.31 bits per heavy atom. The Kier molecular flexibility index (Phi) is 3.06. The van der Waals surface area contributed by atoms with Crippen LogP contribution in [0.5, 0.6) is 0 Å². The number of nitrogens with one attached hydrogen (secondary N) is 1. The van der Waals surface area contributed by atoms with Crippen LogP contribution in [0.1, 0.15) is 24.6 Å². The van der Waals surface area contributed by atoms with Gasteiger partial charge in [-0.3, -0.25) is 0 Å². The molecular formula is C10H14BrNS. The van der Waals surface area contributed by atoms with E-state index in [0.717, 1.165) is 18.5 Å². The minimum absolute atomic E-state index is 0.774. The van der Waals surface area contributed by atoms with E-state index >= 15 is 0 Å². The summed E-state index contributed by atoms with van der Waals surface area (Å²) in [5.41, 5.74) is 0. The van der Waals surface area contributed by atoms with Crippen LogP contribution >= 0.6 is 27.3 Å². The number of hydrogen-bond donors (Lipinski definition) is 1. The fraction of sp³-hybridized carbons (Fsp3) is 0.600. The summed E-state index contributed by atoms with van der Waals surface area (Å²) >= 11 is 5.29. The third-order valence-electron chi connectivity index (χ3n) is 2.57. The van der Waals surface area contributed by atoms with Gasteiger partial charge in [0.2, 0.25) is 0 Å². The Morgan fingerprint density at radius 3 is 2.85 bits per heavy atom. The molecule has 1 heterocycles. The highest BCUT2D eigenvalue weighted by Crippen LogP contribution is 2.27. The Labute approximate surface area is 91.7 Å². The minimum Gasteiger partial charge on any atom is -0.309 e. The monoisotopic (exact) mass is 259 g/mol. The molecule has 0 aromatic carbocycles. The molecule has 2 rings (SSSR count). The molecule has 3 heteroatoms. The predicted octanol–water partition coefficient (Wildman–Crippen LogP) is 3.40. The van der Waals surface area contributed by atoms with E-state index < -0.39 is 0 Å². The quantitative estimate of drug-likeness (QED) is 0.878. The van der Waals surface area contributed by atoms with E-state index in [9.17, 15) is 0 Å². The molecule has 13 heavy (non-hydrogen) atoms. The van der Waals surface area contributed by atoms with E-state index in [1.54, 1.807) is 0 Å². The third kappa shape index (κ3) is 2.55. The second-order valence-corrected chi connectivity index (χ2v) is 6.41. The average Bonchev–Trinajstić information content (AvgIpc) is 2.43. The van der Waals surface area contributed by atoms with Crippen LogP contribution in [0.2, 0.25) is 0 Å². The van der Waals surface area contributed by atoms with Crippen molar-refractivity contribution in [2.24, 2.45) is 5.92 Å². The van der Waals surface area contributed by atoms with Crippen molar-refractivity contribution in [1.82, 2.24) is 5.32 Å². The Hall–Kier alpha value is 0.140. The van der Waals surface area contributed by atoms with Crippen molar-refractivity contribution in [2.45, 2.75) is 32.4 Å². The maximum absolute atomic E-state index is 3.57. The molecule has 1 N–H and O–H groups in total. The van der Waals surface area contributed by atoms with E-state index in [-0.39, 0.29) is 0 Å². The van der Waals surface area contributed by atoms with Gasteiger partial charge in [0.25, 0.3) is 0 Å². The molecule has 0 amide bonds. The topological polar surface area (TPSA) is 12.0 Å². The molecule has 0 spiro atoms. The van der Waals surface area contributed by atoms with Gasteiger partial charge in [0, 0.05) is 17.5 Å². The van der Waals surface area contributed by atoms with Gasteiger partial charge in [0.15, 0.2) is 0 Å². The molecular weight excluding hydrogens is 246 g/mol. The van der Waals surface area contributed by atoms with Crippen LogP contribution in [0.25, 0.3) is 0 Å². The zero-order chi connectivity index (χ0) is 9.26. The van der Waals surface area contributed by atoms with Gasteiger partial charge in [0.05, 0.1) is 3.79 Å². The van der Waals surface area contributed by atoms with E-state index in [0.29, 0.717) is 0 Å². The first-order valence-corrected chi connectivity index (χ1v) is 6.32. The van der Waals surface area contributed by atoms with Crippen LogP contribution < -0.4 is 5.32 Å².